The van der Waals surface area contributed by atoms with E-state index in [0.29, 0.717) is 52.4 Å². The average Bonchev–Trinajstić information content (AvgIpc) is 3.82. The third kappa shape index (κ3) is 6.77. The molecule has 11 heteroatoms. The van der Waals surface area contributed by atoms with E-state index in [4.69, 9.17) is 14.2 Å². The van der Waals surface area contributed by atoms with Gasteiger partial charge in [-0.05, 0) is 66.4 Å². The van der Waals surface area contributed by atoms with Crippen molar-refractivity contribution in [3.63, 3.8) is 0 Å². The largest absolute Gasteiger partial charge is 0.507 e. The fourth-order valence-electron chi connectivity index (χ4n) is 5.97. The van der Waals surface area contributed by atoms with Gasteiger partial charge in [-0.15, -0.1) is 10.2 Å². The number of thioether (sulfide) groups is 1. The van der Waals surface area contributed by atoms with Crippen LogP contribution in [0.15, 0.2) is 107 Å². The quantitative estimate of drug-likeness (QED) is 0.0489. The molecule has 0 radical (unpaired) electrons. The molecule has 2 aliphatic rings. The lowest BCUT2D eigenvalue weighted by Crippen LogP contribution is -2.29. The van der Waals surface area contributed by atoms with Crippen LogP contribution in [0.3, 0.4) is 0 Å². The number of nitrogens with zero attached hydrogens (tertiary/aromatic N) is 3. The van der Waals surface area contributed by atoms with Gasteiger partial charge in [0.1, 0.15) is 24.2 Å². The molecule has 4 aromatic carbocycles. The number of ketones is 1. The minimum absolute atomic E-state index is 0.00365. The van der Waals surface area contributed by atoms with E-state index in [1.165, 1.54) is 28.0 Å². The molecule has 2 unspecified atom stereocenters. The first-order chi connectivity index (χ1) is 23.9. The predicted octanol–water partition coefficient (Wildman–Crippen LogP) is 7.76. The highest BCUT2D eigenvalue weighted by Crippen LogP contribution is 2.46. The van der Waals surface area contributed by atoms with Crippen molar-refractivity contribution in [2.24, 2.45) is 0 Å². The van der Waals surface area contributed by atoms with Gasteiger partial charge >= 0.3 is 5.91 Å². The van der Waals surface area contributed by atoms with Crippen molar-refractivity contribution in [3.8, 4) is 17.2 Å². The van der Waals surface area contributed by atoms with Crippen LogP contribution in [0.25, 0.3) is 5.76 Å². The van der Waals surface area contributed by atoms with E-state index in [0.717, 1.165) is 22.4 Å². The topological polar surface area (TPSA) is 111 Å². The van der Waals surface area contributed by atoms with Gasteiger partial charge in [-0.2, -0.15) is 0 Å². The predicted molar refractivity (Wildman–Crippen MR) is 189 cm³/mol. The first kappa shape index (κ1) is 32.4. The van der Waals surface area contributed by atoms with Gasteiger partial charge in [0.05, 0.1) is 18.2 Å². The third-order valence-electron chi connectivity index (χ3n) is 8.24. The van der Waals surface area contributed by atoms with Gasteiger partial charge in [0.2, 0.25) is 5.13 Å². The second-order valence-electron chi connectivity index (χ2n) is 11.7. The van der Waals surface area contributed by atoms with Gasteiger partial charge in [-0.3, -0.25) is 14.5 Å². The SMILES string of the molecule is CCOc1cc(C2/C(=C(/O)c3ccc4c(c3)CC(C)O4)C(=O)C(=O)N2c2nnc(SCc3ccccc3)s2)ccc1OCc1ccccc1. The standard InChI is InChI=1S/C38H33N3O6S2/c1-3-45-31-20-26(14-17-30(31)46-21-24-10-6-4-7-11-24)33-32(34(42)27-15-16-29-28(19-27)18-23(2)47-29)35(43)36(44)41(33)37-39-40-38(49-37)48-22-25-12-8-5-9-13-25/h4-17,19-20,23,33,42H,3,18,21-22H2,1-2H3/b34-32-. The van der Waals surface area contributed by atoms with Crippen molar-refractivity contribution in [3.05, 3.63) is 130 Å². The number of fused-ring (bicyclic) bond motifs is 1. The second kappa shape index (κ2) is 14.2. The Morgan fingerprint density at radius 2 is 1.69 bits per heavy atom. The van der Waals surface area contributed by atoms with Gasteiger partial charge in [0.15, 0.2) is 15.8 Å². The molecule has 49 heavy (non-hydrogen) atoms. The van der Waals surface area contributed by atoms with Crippen molar-refractivity contribution in [1.29, 1.82) is 0 Å². The Morgan fingerprint density at radius 3 is 2.45 bits per heavy atom. The number of aliphatic hydroxyl groups is 1. The molecule has 0 saturated carbocycles. The normalized spacial score (nSPS) is 18.0. The Balaban J connectivity index is 1.28. The molecule has 2 aliphatic heterocycles. The maximum Gasteiger partial charge on any atom is 0.301 e. The smallest absolute Gasteiger partial charge is 0.301 e. The fourth-order valence-corrected chi connectivity index (χ4v) is 7.79. The fraction of sp³-hybridized carbons (Fsp3) is 0.211. The first-order valence-corrected chi connectivity index (χ1v) is 17.7. The highest BCUT2D eigenvalue weighted by molar-refractivity contribution is 8.00. The van der Waals surface area contributed by atoms with Crippen molar-refractivity contribution in [1.82, 2.24) is 10.2 Å². The number of anilines is 1. The maximum absolute atomic E-state index is 13.9. The number of carbonyl (C=O) groups is 2. The van der Waals surface area contributed by atoms with Crippen LogP contribution in [0.2, 0.25) is 0 Å². The number of aliphatic hydroxyl groups excluding tert-OH is 1. The van der Waals surface area contributed by atoms with Crippen LogP contribution >= 0.6 is 23.1 Å². The lowest BCUT2D eigenvalue weighted by Gasteiger charge is -2.24. The summed E-state index contributed by atoms with van der Waals surface area (Å²) in [6, 6.07) is 29.4. The molecule has 0 bridgehead atoms. The van der Waals surface area contributed by atoms with E-state index in [9.17, 15) is 14.7 Å². The van der Waals surface area contributed by atoms with E-state index in [1.54, 1.807) is 30.3 Å². The first-order valence-electron chi connectivity index (χ1n) is 15.9. The summed E-state index contributed by atoms with van der Waals surface area (Å²) in [5.41, 5.74) is 3.95. The number of amides is 1. The van der Waals surface area contributed by atoms with E-state index in [-0.39, 0.29) is 22.6 Å². The van der Waals surface area contributed by atoms with Crippen molar-refractivity contribution >= 4 is 45.7 Å². The molecule has 3 heterocycles. The number of benzene rings is 4. The van der Waals surface area contributed by atoms with Crippen LogP contribution < -0.4 is 19.1 Å². The van der Waals surface area contributed by atoms with E-state index in [1.807, 2.05) is 80.6 Å². The molecule has 7 rings (SSSR count). The lowest BCUT2D eigenvalue weighted by atomic mass is 9.94. The molecule has 5 aromatic rings. The number of hydrogen-bond acceptors (Lipinski definition) is 10. The zero-order chi connectivity index (χ0) is 33.9. The summed E-state index contributed by atoms with van der Waals surface area (Å²) in [6.07, 6.45) is 0.675. The van der Waals surface area contributed by atoms with E-state index in [2.05, 4.69) is 10.2 Å². The maximum atomic E-state index is 13.9. The lowest BCUT2D eigenvalue weighted by molar-refractivity contribution is -0.132. The highest BCUT2D eigenvalue weighted by atomic mass is 32.2. The summed E-state index contributed by atoms with van der Waals surface area (Å²) in [7, 11) is 0. The van der Waals surface area contributed by atoms with E-state index >= 15 is 0 Å². The van der Waals surface area contributed by atoms with Crippen LogP contribution in [0.4, 0.5) is 5.13 Å². The van der Waals surface area contributed by atoms with Crippen molar-refractivity contribution in [2.45, 2.75) is 49.1 Å². The molecule has 1 saturated heterocycles. The van der Waals surface area contributed by atoms with Gasteiger partial charge in [0.25, 0.3) is 5.78 Å². The van der Waals surface area contributed by atoms with Gasteiger partial charge in [-0.25, -0.2) is 0 Å². The van der Waals surface area contributed by atoms with Gasteiger partial charge < -0.3 is 19.3 Å². The van der Waals surface area contributed by atoms with Crippen molar-refractivity contribution < 1.29 is 28.9 Å². The summed E-state index contributed by atoms with van der Waals surface area (Å²) >= 11 is 2.71. The molecule has 1 amide bonds. The zero-order valence-electron chi connectivity index (χ0n) is 26.9. The molecule has 1 N–H and O–H groups in total. The molecular weight excluding hydrogens is 659 g/mol. The molecule has 0 aliphatic carbocycles. The number of rotatable bonds is 11. The Hall–Kier alpha value is -5.13. The number of aromatic nitrogens is 2. The van der Waals surface area contributed by atoms with E-state index < -0.39 is 17.7 Å². The Morgan fingerprint density at radius 1 is 0.939 bits per heavy atom. The van der Waals surface area contributed by atoms with Crippen LogP contribution in [0.1, 0.15) is 47.7 Å². The van der Waals surface area contributed by atoms with Crippen LogP contribution in [0, 0.1) is 0 Å². The monoisotopic (exact) mass is 691 g/mol. The number of hydrogen-bond donors (Lipinski definition) is 1. The zero-order valence-corrected chi connectivity index (χ0v) is 28.5. The highest BCUT2D eigenvalue weighted by Gasteiger charge is 2.48. The molecular formula is C38H33N3O6S2. The minimum atomic E-state index is -1.01. The summed E-state index contributed by atoms with van der Waals surface area (Å²) in [4.78, 5) is 29.1. The third-order valence-corrected chi connectivity index (χ3v) is 10.4. The van der Waals surface area contributed by atoms with Gasteiger partial charge in [-0.1, -0.05) is 89.8 Å². The molecule has 1 aromatic heterocycles. The summed E-state index contributed by atoms with van der Waals surface area (Å²) in [6.45, 7) is 4.53. The van der Waals surface area contributed by atoms with Crippen LogP contribution in [0.5, 0.6) is 17.2 Å². The van der Waals surface area contributed by atoms with Gasteiger partial charge in [0, 0.05) is 17.7 Å². The minimum Gasteiger partial charge on any atom is -0.507 e. The molecule has 248 valence electrons. The number of Topliss-reactive ketones (excluding diaryl/α,β-unsaturated/α-hetero) is 1. The molecule has 2 atom stereocenters. The molecule has 0 spiro atoms. The van der Waals surface area contributed by atoms with Crippen LogP contribution in [-0.2, 0) is 28.4 Å². The molecule has 1 fully saturated rings. The number of ether oxygens (including phenoxy) is 3. The Bertz CT molecular complexity index is 2030. The average molecular weight is 692 g/mol. The Labute approximate surface area is 292 Å². The Kier molecular flexibility index (Phi) is 9.36. The summed E-state index contributed by atoms with van der Waals surface area (Å²) in [5.74, 6) is 0.463. The van der Waals surface area contributed by atoms with Crippen molar-refractivity contribution in [2.75, 3.05) is 11.5 Å². The van der Waals surface area contributed by atoms with Crippen LogP contribution in [-0.4, -0.2) is 39.7 Å². The summed E-state index contributed by atoms with van der Waals surface area (Å²) in [5, 5.41) is 20.7. The number of carbonyl (C=O) groups excluding carboxylic acids is 2. The molecule has 9 nitrogen and oxygen atoms in total. The second-order valence-corrected chi connectivity index (χ2v) is 13.8. The summed E-state index contributed by atoms with van der Waals surface area (Å²) < 4.78 is 18.6.